The van der Waals surface area contributed by atoms with Gasteiger partial charge in [0.25, 0.3) is 0 Å². The first-order valence-electron chi connectivity index (χ1n) is 2.31. The van der Waals surface area contributed by atoms with Gasteiger partial charge >= 0.3 is 154 Å². The van der Waals surface area contributed by atoms with Gasteiger partial charge in [0.05, 0.1) is 0 Å². The van der Waals surface area contributed by atoms with Crippen LogP contribution in [-0.4, -0.2) is 15.7 Å². The van der Waals surface area contributed by atoms with Gasteiger partial charge in [-0.3, -0.25) is 0 Å². The molecule has 0 radical (unpaired) electrons. The van der Waals surface area contributed by atoms with Crippen LogP contribution in [0.2, 0.25) is 0 Å². The second-order valence-corrected chi connectivity index (χ2v) is 2.64. The molecule has 11 heavy (non-hydrogen) atoms. The van der Waals surface area contributed by atoms with Gasteiger partial charge in [-0.05, 0) is 6.42 Å². The van der Waals surface area contributed by atoms with Crippen LogP contribution in [0.3, 0.4) is 0 Å². The van der Waals surface area contributed by atoms with Crippen molar-refractivity contribution in [2.24, 2.45) is 0 Å². The molecule has 0 aliphatic rings. The average Bonchev–Trinajstić information content (AvgIpc) is 1.59. The van der Waals surface area contributed by atoms with Crippen molar-refractivity contribution >= 4 is 9.05 Å². The summed E-state index contributed by atoms with van der Waals surface area (Å²) in [6.45, 7) is 1.73. The SMILES string of the molecule is CCCO[Si]([O-])([O-])[O-].[K+].[K+].[K+]. The molecule has 0 aromatic heterocycles. The first kappa shape index (κ1) is 25.0. The van der Waals surface area contributed by atoms with E-state index in [1.54, 1.807) is 6.92 Å². The van der Waals surface area contributed by atoms with Gasteiger partial charge in [-0.1, -0.05) is 6.92 Å². The van der Waals surface area contributed by atoms with Crippen LogP contribution in [0.1, 0.15) is 13.3 Å². The summed E-state index contributed by atoms with van der Waals surface area (Å²) in [7, 11) is -4.93. The van der Waals surface area contributed by atoms with Crippen LogP contribution in [0.5, 0.6) is 0 Å². The van der Waals surface area contributed by atoms with Crippen LogP contribution in [0.4, 0.5) is 0 Å². The maximum absolute atomic E-state index is 9.67. The smallest absolute Gasteiger partial charge is 0.861 e. The van der Waals surface area contributed by atoms with Gasteiger partial charge in [0.2, 0.25) is 0 Å². The summed E-state index contributed by atoms with van der Waals surface area (Å²) < 4.78 is 3.85. The van der Waals surface area contributed by atoms with Crippen LogP contribution in [0.15, 0.2) is 0 Å². The predicted octanol–water partition coefficient (Wildman–Crippen LogP) is -12.1. The van der Waals surface area contributed by atoms with E-state index in [0.717, 1.165) is 0 Å². The Bertz CT molecular complexity index is 68.1. The van der Waals surface area contributed by atoms with Crippen LogP contribution >= 0.6 is 0 Å². The Kier molecular flexibility index (Phi) is 34.0. The van der Waals surface area contributed by atoms with Gasteiger partial charge < -0.3 is 18.8 Å². The Morgan fingerprint density at radius 2 is 1.45 bits per heavy atom. The van der Waals surface area contributed by atoms with E-state index < -0.39 is 9.05 Å². The van der Waals surface area contributed by atoms with Crippen molar-refractivity contribution in [3.63, 3.8) is 0 Å². The summed E-state index contributed by atoms with van der Waals surface area (Å²) in [5.74, 6) is 0. The second-order valence-electron chi connectivity index (χ2n) is 1.35. The third-order valence-corrected chi connectivity index (χ3v) is 1.04. The van der Waals surface area contributed by atoms with Gasteiger partial charge in [0.1, 0.15) is 0 Å². The summed E-state index contributed by atoms with van der Waals surface area (Å²) in [5, 5.41) is 0. The van der Waals surface area contributed by atoms with E-state index in [2.05, 4.69) is 4.43 Å². The van der Waals surface area contributed by atoms with Crippen molar-refractivity contribution in [3.05, 3.63) is 0 Å². The molecule has 0 aromatic carbocycles. The first-order valence-corrected chi connectivity index (χ1v) is 3.95. The zero-order chi connectivity index (χ0) is 6.62. The third-order valence-electron chi connectivity index (χ3n) is 0.483. The van der Waals surface area contributed by atoms with Crippen molar-refractivity contribution in [3.8, 4) is 0 Å². The Balaban J connectivity index is -0.0000000817. The minimum atomic E-state index is -4.93. The van der Waals surface area contributed by atoms with Gasteiger partial charge in [-0.15, -0.1) is 9.05 Å². The Morgan fingerprint density at radius 3 is 1.55 bits per heavy atom. The molecule has 0 N–H and O–H groups in total. The average molecular weight is 252 g/mol. The number of hydrogen-bond donors (Lipinski definition) is 0. The van der Waals surface area contributed by atoms with Crippen LogP contribution in [-0.2, 0) is 4.43 Å². The van der Waals surface area contributed by atoms with Crippen molar-refractivity contribution in [2.75, 3.05) is 6.61 Å². The molecule has 0 spiro atoms. The topological polar surface area (TPSA) is 78.4 Å². The quantitative estimate of drug-likeness (QED) is 0.467. The fraction of sp³-hybridized carbons (Fsp3) is 1.00. The van der Waals surface area contributed by atoms with Crippen molar-refractivity contribution < 1.29 is 173 Å². The molecular formula is C3H7K3O4Si. The molecule has 0 atom stereocenters. The van der Waals surface area contributed by atoms with Crippen molar-refractivity contribution in [1.82, 2.24) is 0 Å². The fourth-order valence-corrected chi connectivity index (χ4v) is 0.681. The van der Waals surface area contributed by atoms with E-state index >= 15 is 0 Å². The molecule has 50 valence electrons. The molecule has 0 rings (SSSR count). The molecule has 0 unspecified atom stereocenters. The van der Waals surface area contributed by atoms with E-state index in [9.17, 15) is 14.4 Å². The van der Waals surface area contributed by atoms with E-state index in [-0.39, 0.29) is 161 Å². The zero-order valence-corrected chi connectivity index (χ0v) is 17.9. The molecule has 0 saturated heterocycles. The third kappa shape index (κ3) is 25.3. The molecule has 8 heteroatoms. The van der Waals surface area contributed by atoms with E-state index in [1.165, 1.54) is 0 Å². The summed E-state index contributed by atoms with van der Waals surface area (Å²) in [5.41, 5.74) is 0. The van der Waals surface area contributed by atoms with Crippen LogP contribution < -0.4 is 169 Å². The molecule has 0 aromatic rings. The molecular weight excluding hydrogens is 245 g/mol. The minimum absolute atomic E-state index is 0. The van der Waals surface area contributed by atoms with Crippen LogP contribution in [0.25, 0.3) is 0 Å². The Labute approximate surface area is 196 Å². The van der Waals surface area contributed by atoms with E-state index in [1.807, 2.05) is 0 Å². The Morgan fingerprint density at radius 1 is 1.09 bits per heavy atom. The fourth-order valence-electron chi connectivity index (χ4n) is 0.227. The summed E-state index contributed by atoms with van der Waals surface area (Å²) >= 11 is 0. The number of hydrogen-bond acceptors (Lipinski definition) is 4. The largest absolute Gasteiger partial charge is 1.00 e. The van der Waals surface area contributed by atoms with E-state index in [4.69, 9.17) is 0 Å². The molecule has 0 amide bonds. The van der Waals surface area contributed by atoms with Gasteiger partial charge in [0, 0.05) is 6.61 Å². The molecule has 0 heterocycles. The van der Waals surface area contributed by atoms with Gasteiger partial charge in [0.15, 0.2) is 0 Å². The molecule has 0 aliphatic heterocycles. The standard InChI is InChI=1S/C3H7O4Si.3K/c1-2-3-7-8(4,5)6;;;/h2-3H2,1H3;;;/q-3;3*+1. The zero-order valence-electron chi connectivity index (χ0n) is 7.55. The van der Waals surface area contributed by atoms with Gasteiger partial charge in [-0.2, -0.15) is 0 Å². The minimum Gasteiger partial charge on any atom is -0.861 e. The van der Waals surface area contributed by atoms with Crippen molar-refractivity contribution in [2.45, 2.75) is 13.3 Å². The molecule has 0 saturated carbocycles. The molecule has 0 fully saturated rings. The van der Waals surface area contributed by atoms with Gasteiger partial charge in [-0.25, -0.2) is 0 Å². The first-order chi connectivity index (χ1) is 3.56. The maximum atomic E-state index is 9.67. The molecule has 0 aliphatic carbocycles. The van der Waals surface area contributed by atoms with E-state index in [0.29, 0.717) is 6.42 Å². The van der Waals surface area contributed by atoms with Crippen molar-refractivity contribution in [1.29, 1.82) is 0 Å². The summed E-state index contributed by atoms with van der Waals surface area (Å²) in [6.07, 6.45) is 0.543. The maximum Gasteiger partial charge on any atom is 1.00 e. The monoisotopic (exact) mass is 252 g/mol. The second kappa shape index (κ2) is 15.0. The molecule has 0 bridgehead atoms. The Hall–Kier alpha value is 4.97. The van der Waals surface area contributed by atoms with Crippen LogP contribution in [0, 0.1) is 0 Å². The summed E-state index contributed by atoms with van der Waals surface area (Å²) in [4.78, 5) is 29.0. The molecule has 4 nitrogen and oxygen atoms in total. The number of rotatable bonds is 3. The normalized spacial score (nSPS) is 8.73. The summed E-state index contributed by atoms with van der Waals surface area (Å²) in [6, 6.07) is 0. The predicted molar refractivity (Wildman–Crippen MR) is 22.0 cm³/mol.